The Bertz CT molecular complexity index is 659. The molecular formula is C16H16F3NO3. The van der Waals surface area contributed by atoms with E-state index >= 15 is 0 Å². The Balaban J connectivity index is 2.36. The van der Waals surface area contributed by atoms with Crippen LogP contribution >= 0.6 is 0 Å². The van der Waals surface area contributed by atoms with E-state index in [0.29, 0.717) is 17.7 Å². The topological polar surface area (TPSA) is 64.7 Å². The summed E-state index contributed by atoms with van der Waals surface area (Å²) in [6.07, 6.45) is -4.44. The Morgan fingerprint density at radius 1 is 1.09 bits per heavy atom. The smallest absolute Gasteiger partial charge is 0.493 e. The van der Waals surface area contributed by atoms with E-state index in [1.54, 1.807) is 30.3 Å². The molecule has 0 fully saturated rings. The van der Waals surface area contributed by atoms with Crippen LogP contribution in [0.1, 0.15) is 6.42 Å². The van der Waals surface area contributed by atoms with E-state index < -0.39 is 6.36 Å². The highest BCUT2D eigenvalue weighted by atomic mass is 19.4. The van der Waals surface area contributed by atoms with Gasteiger partial charge in [-0.2, -0.15) is 0 Å². The summed E-state index contributed by atoms with van der Waals surface area (Å²) in [5, 5.41) is 8.71. The molecule has 0 aromatic heterocycles. The van der Waals surface area contributed by atoms with E-state index in [1.165, 1.54) is 12.1 Å². The summed E-state index contributed by atoms with van der Waals surface area (Å²) < 4.78 is 47.3. The first-order valence-electron chi connectivity index (χ1n) is 6.88. The third-order valence-corrected chi connectivity index (χ3v) is 2.95. The van der Waals surface area contributed by atoms with Crippen molar-refractivity contribution in [1.29, 1.82) is 0 Å². The third-order valence-electron chi connectivity index (χ3n) is 2.95. The molecular weight excluding hydrogens is 311 g/mol. The first-order chi connectivity index (χ1) is 10.9. The van der Waals surface area contributed by atoms with Crippen LogP contribution in [0.2, 0.25) is 0 Å². The van der Waals surface area contributed by atoms with Crippen molar-refractivity contribution in [3.8, 4) is 22.6 Å². The average molecular weight is 327 g/mol. The number of benzene rings is 2. The van der Waals surface area contributed by atoms with E-state index in [9.17, 15) is 13.2 Å². The van der Waals surface area contributed by atoms with Gasteiger partial charge in [0.05, 0.1) is 6.61 Å². The van der Waals surface area contributed by atoms with Crippen molar-refractivity contribution in [2.45, 2.75) is 12.8 Å². The number of halogens is 3. The predicted molar refractivity (Wildman–Crippen MR) is 80.2 cm³/mol. The minimum absolute atomic E-state index is 0.0622. The van der Waals surface area contributed by atoms with Crippen LogP contribution in [0.5, 0.6) is 11.5 Å². The summed E-state index contributed by atoms with van der Waals surface area (Å²) in [7, 11) is 0. The van der Waals surface area contributed by atoms with Gasteiger partial charge >= 0.3 is 6.36 Å². The highest BCUT2D eigenvalue weighted by Crippen LogP contribution is 2.37. The van der Waals surface area contributed by atoms with Crippen LogP contribution in [0.25, 0.3) is 11.1 Å². The molecule has 0 unspecified atom stereocenters. The van der Waals surface area contributed by atoms with Crippen LogP contribution in [0.3, 0.4) is 0 Å². The Hall–Kier alpha value is -2.41. The maximum Gasteiger partial charge on any atom is 0.573 e. The van der Waals surface area contributed by atoms with Crippen LogP contribution in [-0.4, -0.2) is 24.7 Å². The van der Waals surface area contributed by atoms with E-state index in [0.717, 1.165) is 0 Å². The normalized spacial score (nSPS) is 11.3. The largest absolute Gasteiger partial charge is 0.573 e. The second-order valence-electron chi connectivity index (χ2n) is 4.76. The highest BCUT2D eigenvalue weighted by molar-refractivity contribution is 5.74. The molecule has 124 valence electrons. The Morgan fingerprint density at radius 2 is 1.87 bits per heavy atom. The average Bonchev–Trinajstić information content (AvgIpc) is 2.46. The number of anilines is 1. The molecule has 0 spiro atoms. The SMILES string of the molecule is Nc1cccc(-c2ccc(OCCCO)cc2OC(F)(F)F)c1. The van der Waals surface area contributed by atoms with E-state index in [2.05, 4.69) is 4.74 Å². The standard InChI is InChI=1S/C16H16F3NO3/c17-16(18,19)23-15-10-13(22-8-2-7-21)5-6-14(15)11-3-1-4-12(20)9-11/h1,3-6,9-10,21H,2,7-8,20H2. The van der Waals surface area contributed by atoms with Crippen LogP contribution in [0, 0.1) is 0 Å². The van der Waals surface area contributed by atoms with Gasteiger partial charge in [-0.15, -0.1) is 13.2 Å². The maximum atomic E-state index is 12.6. The van der Waals surface area contributed by atoms with Crippen molar-refractivity contribution in [3.05, 3.63) is 42.5 Å². The minimum atomic E-state index is -4.82. The zero-order valence-electron chi connectivity index (χ0n) is 12.1. The summed E-state index contributed by atoms with van der Waals surface area (Å²) in [5.74, 6) is -0.144. The van der Waals surface area contributed by atoms with Gasteiger partial charge in [-0.05, 0) is 29.8 Å². The molecule has 0 aliphatic carbocycles. The molecule has 2 rings (SSSR count). The number of alkyl halides is 3. The fraction of sp³-hybridized carbons (Fsp3) is 0.250. The summed E-state index contributed by atoms with van der Waals surface area (Å²) in [6.45, 7) is 0.132. The Morgan fingerprint density at radius 3 is 2.52 bits per heavy atom. The molecule has 23 heavy (non-hydrogen) atoms. The van der Waals surface area contributed by atoms with Crippen LogP contribution in [0.4, 0.5) is 18.9 Å². The van der Waals surface area contributed by atoms with Crippen LogP contribution in [0.15, 0.2) is 42.5 Å². The Labute approximate surface area is 131 Å². The van der Waals surface area contributed by atoms with Gasteiger partial charge in [0.2, 0.25) is 0 Å². The second kappa shape index (κ2) is 7.23. The molecule has 0 amide bonds. The van der Waals surface area contributed by atoms with Gasteiger partial charge in [0.25, 0.3) is 0 Å². The van der Waals surface area contributed by atoms with Gasteiger partial charge in [0.1, 0.15) is 11.5 Å². The highest BCUT2D eigenvalue weighted by Gasteiger charge is 2.32. The Kier molecular flexibility index (Phi) is 5.33. The number of nitrogen functional groups attached to an aromatic ring is 1. The molecule has 7 heteroatoms. The van der Waals surface area contributed by atoms with E-state index in [-0.39, 0.29) is 30.3 Å². The van der Waals surface area contributed by atoms with Crippen molar-refractivity contribution in [3.63, 3.8) is 0 Å². The van der Waals surface area contributed by atoms with Crippen molar-refractivity contribution < 1.29 is 27.8 Å². The molecule has 0 heterocycles. The fourth-order valence-electron chi connectivity index (χ4n) is 2.00. The quantitative estimate of drug-likeness (QED) is 0.628. The number of hydrogen-bond donors (Lipinski definition) is 2. The molecule has 0 aliphatic rings. The third kappa shape index (κ3) is 5.07. The maximum absolute atomic E-state index is 12.6. The molecule has 4 nitrogen and oxygen atoms in total. The zero-order chi connectivity index (χ0) is 16.9. The zero-order valence-corrected chi connectivity index (χ0v) is 12.1. The van der Waals surface area contributed by atoms with Crippen LogP contribution in [-0.2, 0) is 0 Å². The van der Waals surface area contributed by atoms with Crippen molar-refractivity contribution in [1.82, 2.24) is 0 Å². The summed E-state index contributed by atoms with van der Waals surface area (Å²) in [4.78, 5) is 0. The summed E-state index contributed by atoms with van der Waals surface area (Å²) in [5.41, 5.74) is 6.87. The van der Waals surface area contributed by atoms with Crippen LogP contribution < -0.4 is 15.2 Å². The molecule has 0 radical (unpaired) electrons. The van der Waals surface area contributed by atoms with E-state index in [4.69, 9.17) is 15.6 Å². The summed E-state index contributed by atoms with van der Waals surface area (Å²) in [6, 6.07) is 10.7. The van der Waals surface area contributed by atoms with Gasteiger partial charge in [0, 0.05) is 30.3 Å². The molecule has 3 N–H and O–H groups in total. The lowest BCUT2D eigenvalue weighted by Crippen LogP contribution is -2.17. The lowest BCUT2D eigenvalue weighted by atomic mass is 10.0. The number of aliphatic hydroxyl groups excluding tert-OH is 1. The van der Waals surface area contributed by atoms with Crippen molar-refractivity contribution in [2.75, 3.05) is 18.9 Å². The van der Waals surface area contributed by atoms with Gasteiger partial charge in [-0.25, -0.2) is 0 Å². The number of hydrogen-bond acceptors (Lipinski definition) is 4. The molecule has 2 aromatic rings. The van der Waals surface area contributed by atoms with Crippen molar-refractivity contribution >= 4 is 5.69 Å². The van der Waals surface area contributed by atoms with Gasteiger partial charge in [0.15, 0.2) is 0 Å². The second-order valence-corrected chi connectivity index (χ2v) is 4.76. The molecule has 2 aromatic carbocycles. The monoisotopic (exact) mass is 327 g/mol. The first-order valence-corrected chi connectivity index (χ1v) is 6.88. The van der Waals surface area contributed by atoms with Gasteiger partial charge in [-0.3, -0.25) is 0 Å². The molecule has 0 saturated heterocycles. The van der Waals surface area contributed by atoms with Crippen molar-refractivity contribution in [2.24, 2.45) is 0 Å². The van der Waals surface area contributed by atoms with Gasteiger partial charge < -0.3 is 20.3 Å². The molecule has 0 bridgehead atoms. The lowest BCUT2D eigenvalue weighted by Gasteiger charge is -2.15. The summed E-state index contributed by atoms with van der Waals surface area (Å²) >= 11 is 0. The minimum Gasteiger partial charge on any atom is -0.493 e. The number of nitrogens with two attached hydrogens (primary N) is 1. The first kappa shape index (κ1) is 17.0. The predicted octanol–water partition coefficient (Wildman–Crippen LogP) is 3.60. The molecule has 0 atom stereocenters. The number of rotatable bonds is 6. The fourth-order valence-corrected chi connectivity index (χ4v) is 2.00. The molecule has 0 saturated carbocycles. The van der Waals surface area contributed by atoms with Gasteiger partial charge in [-0.1, -0.05) is 12.1 Å². The molecule has 0 aliphatic heterocycles. The van der Waals surface area contributed by atoms with E-state index in [1.807, 2.05) is 0 Å². The lowest BCUT2D eigenvalue weighted by molar-refractivity contribution is -0.274. The number of ether oxygens (including phenoxy) is 2. The number of aliphatic hydroxyl groups is 1.